The number of thiazole rings is 1. The third kappa shape index (κ3) is 2.82. The molecule has 0 unspecified atom stereocenters. The van der Waals surface area contributed by atoms with E-state index >= 15 is 0 Å². The van der Waals surface area contributed by atoms with Crippen molar-refractivity contribution in [1.29, 1.82) is 0 Å². The van der Waals surface area contributed by atoms with Crippen LogP contribution in [0.5, 0.6) is 0 Å². The van der Waals surface area contributed by atoms with Crippen molar-refractivity contribution in [2.24, 2.45) is 5.41 Å². The van der Waals surface area contributed by atoms with E-state index in [0.29, 0.717) is 18.7 Å². The summed E-state index contributed by atoms with van der Waals surface area (Å²) in [6.45, 7) is 4.14. The summed E-state index contributed by atoms with van der Waals surface area (Å²) in [6.07, 6.45) is 6.65. The van der Waals surface area contributed by atoms with Crippen molar-refractivity contribution in [1.82, 2.24) is 24.6 Å². The van der Waals surface area contributed by atoms with Gasteiger partial charge in [0.15, 0.2) is 0 Å². The molecule has 2 aliphatic heterocycles. The smallest absolute Gasteiger partial charge is 0.257 e. The van der Waals surface area contributed by atoms with E-state index in [1.54, 1.807) is 17.1 Å². The summed E-state index contributed by atoms with van der Waals surface area (Å²) in [4.78, 5) is 33.4. The highest BCUT2D eigenvalue weighted by atomic mass is 32.1. The molecule has 0 aliphatic carbocycles. The van der Waals surface area contributed by atoms with E-state index < -0.39 is 0 Å². The Bertz CT molecular complexity index is 834. The third-order valence-corrected chi connectivity index (χ3v) is 6.54. The fraction of sp³-hybridized carbons (Fsp3) is 0.556. The number of hydrogen-bond acceptors (Lipinski definition) is 5. The molecule has 138 valence electrons. The number of likely N-dealkylation sites (tertiary alicyclic amines) is 2. The van der Waals surface area contributed by atoms with Crippen LogP contribution in [0.4, 0.5) is 0 Å². The van der Waals surface area contributed by atoms with Crippen LogP contribution in [0, 0.1) is 5.41 Å². The van der Waals surface area contributed by atoms with Gasteiger partial charge in [-0.3, -0.25) is 9.59 Å². The highest BCUT2D eigenvalue weighted by molar-refractivity contribution is 7.12. The Morgan fingerprint density at radius 1 is 1.27 bits per heavy atom. The highest BCUT2D eigenvalue weighted by Gasteiger charge is 2.47. The van der Waals surface area contributed by atoms with Gasteiger partial charge in [0.2, 0.25) is 11.0 Å². The van der Waals surface area contributed by atoms with E-state index in [4.69, 9.17) is 0 Å². The Hall–Kier alpha value is -2.22. The number of carbonyl (C=O) groups excluding carboxylic acids is 2. The molecule has 0 saturated carbocycles. The van der Waals surface area contributed by atoms with Crippen LogP contribution in [0.1, 0.15) is 42.2 Å². The van der Waals surface area contributed by atoms with Gasteiger partial charge in [0.1, 0.15) is 0 Å². The molecule has 1 spiro atoms. The third-order valence-electron chi connectivity index (χ3n) is 5.66. The van der Waals surface area contributed by atoms with Crippen LogP contribution < -0.4 is 0 Å². The van der Waals surface area contributed by atoms with E-state index in [9.17, 15) is 9.59 Å². The Morgan fingerprint density at radius 3 is 2.62 bits per heavy atom. The van der Waals surface area contributed by atoms with Gasteiger partial charge < -0.3 is 9.80 Å². The van der Waals surface area contributed by atoms with Crippen molar-refractivity contribution in [2.75, 3.05) is 26.7 Å². The topological polar surface area (TPSA) is 71.3 Å². The lowest BCUT2D eigenvalue weighted by Crippen LogP contribution is -2.46. The summed E-state index contributed by atoms with van der Waals surface area (Å²) in [5.41, 5.74) is 1.36. The zero-order valence-corrected chi connectivity index (χ0v) is 16.0. The SMILES string of the molecule is CCc1csc(-n2cc(C(=O)N3CCC4(CCN(C)C4=O)CC3)cn2)n1. The summed E-state index contributed by atoms with van der Waals surface area (Å²) in [6, 6.07) is 0. The molecule has 0 radical (unpaired) electrons. The Labute approximate surface area is 156 Å². The summed E-state index contributed by atoms with van der Waals surface area (Å²) in [5.74, 6) is 0.227. The molecule has 2 aromatic rings. The fourth-order valence-corrected chi connectivity index (χ4v) is 4.72. The maximum Gasteiger partial charge on any atom is 0.257 e. The van der Waals surface area contributed by atoms with Crippen LogP contribution >= 0.6 is 11.3 Å². The number of nitrogens with zero attached hydrogens (tertiary/aromatic N) is 5. The minimum atomic E-state index is -0.243. The molecule has 7 nitrogen and oxygen atoms in total. The molecule has 4 heterocycles. The lowest BCUT2D eigenvalue weighted by atomic mass is 9.77. The molecule has 0 bridgehead atoms. The number of amides is 2. The number of piperidine rings is 1. The minimum Gasteiger partial charge on any atom is -0.345 e. The Kier molecular flexibility index (Phi) is 4.30. The number of hydrogen-bond donors (Lipinski definition) is 0. The second kappa shape index (κ2) is 6.50. The lowest BCUT2D eigenvalue weighted by molar-refractivity contribution is -0.137. The first kappa shape index (κ1) is 17.2. The summed E-state index contributed by atoms with van der Waals surface area (Å²) < 4.78 is 1.66. The standard InChI is InChI=1S/C18H23N5O2S/c1-3-14-12-26-17(20-14)23-11-13(10-19-23)15(24)22-8-5-18(6-9-22)4-7-21(2)16(18)25/h10-12H,3-9H2,1-2H3. The van der Waals surface area contributed by atoms with Gasteiger partial charge in [0.25, 0.3) is 5.91 Å². The van der Waals surface area contributed by atoms with Crippen molar-refractivity contribution in [2.45, 2.75) is 32.6 Å². The molecule has 26 heavy (non-hydrogen) atoms. The van der Waals surface area contributed by atoms with E-state index in [2.05, 4.69) is 17.0 Å². The quantitative estimate of drug-likeness (QED) is 0.825. The van der Waals surface area contributed by atoms with Crippen molar-refractivity contribution < 1.29 is 9.59 Å². The lowest BCUT2D eigenvalue weighted by Gasteiger charge is -2.37. The van der Waals surface area contributed by atoms with Gasteiger partial charge in [-0.25, -0.2) is 9.67 Å². The molecule has 2 amide bonds. The van der Waals surface area contributed by atoms with Gasteiger partial charge in [-0.05, 0) is 25.7 Å². The first-order valence-electron chi connectivity index (χ1n) is 9.07. The maximum atomic E-state index is 12.8. The first-order chi connectivity index (χ1) is 12.5. The zero-order chi connectivity index (χ0) is 18.3. The normalized spacial score (nSPS) is 19.5. The largest absolute Gasteiger partial charge is 0.345 e. The monoisotopic (exact) mass is 373 g/mol. The molecule has 2 aromatic heterocycles. The van der Waals surface area contributed by atoms with Gasteiger partial charge in [0, 0.05) is 38.3 Å². The number of carbonyl (C=O) groups is 2. The van der Waals surface area contributed by atoms with Crippen LogP contribution in [0.25, 0.3) is 5.13 Å². The van der Waals surface area contributed by atoms with Gasteiger partial charge in [-0.15, -0.1) is 11.3 Å². The molecule has 2 fully saturated rings. The van der Waals surface area contributed by atoms with E-state index in [1.807, 2.05) is 22.2 Å². The predicted octanol–water partition coefficient (Wildman–Crippen LogP) is 1.98. The minimum absolute atomic E-state index is 0.0165. The van der Waals surface area contributed by atoms with Crippen LogP contribution in [0.2, 0.25) is 0 Å². The Morgan fingerprint density at radius 2 is 2.00 bits per heavy atom. The molecule has 8 heteroatoms. The fourth-order valence-electron chi connectivity index (χ4n) is 3.88. The molecular formula is C18H23N5O2S. The maximum absolute atomic E-state index is 12.8. The van der Waals surface area contributed by atoms with Crippen LogP contribution in [0.15, 0.2) is 17.8 Å². The Balaban J connectivity index is 1.44. The van der Waals surface area contributed by atoms with Gasteiger partial charge >= 0.3 is 0 Å². The average molecular weight is 373 g/mol. The van der Waals surface area contributed by atoms with Crippen molar-refractivity contribution >= 4 is 23.2 Å². The molecule has 0 aromatic carbocycles. The van der Waals surface area contributed by atoms with Gasteiger partial charge in [0.05, 0.1) is 22.9 Å². The molecule has 2 saturated heterocycles. The van der Waals surface area contributed by atoms with Gasteiger partial charge in [-0.2, -0.15) is 5.10 Å². The molecular weight excluding hydrogens is 350 g/mol. The molecule has 4 rings (SSSR count). The number of aromatic nitrogens is 3. The summed E-state index contributed by atoms with van der Waals surface area (Å²) in [5, 5.41) is 7.09. The summed E-state index contributed by atoms with van der Waals surface area (Å²) >= 11 is 1.52. The predicted molar refractivity (Wildman–Crippen MR) is 98.4 cm³/mol. The van der Waals surface area contributed by atoms with Crippen LogP contribution in [-0.4, -0.2) is 63.1 Å². The van der Waals surface area contributed by atoms with E-state index in [-0.39, 0.29) is 17.2 Å². The molecule has 0 N–H and O–H groups in total. The highest BCUT2D eigenvalue weighted by Crippen LogP contribution is 2.41. The zero-order valence-electron chi connectivity index (χ0n) is 15.1. The van der Waals surface area contributed by atoms with E-state index in [0.717, 1.165) is 43.1 Å². The van der Waals surface area contributed by atoms with Crippen molar-refractivity contribution in [3.8, 4) is 5.13 Å². The molecule has 0 atom stereocenters. The second-order valence-corrected chi connectivity index (χ2v) is 8.03. The van der Waals surface area contributed by atoms with Crippen molar-refractivity contribution in [3.05, 3.63) is 29.0 Å². The molecule has 2 aliphatic rings. The second-order valence-electron chi connectivity index (χ2n) is 7.20. The van der Waals surface area contributed by atoms with Gasteiger partial charge in [-0.1, -0.05) is 6.92 Å². The van der Waals surface area contributed by atoms with Crippen molar-refractivity contribution in [3.63, 3.8) is 0 Å². The van der Waals surface area contributed by atoms with Crippen LogP contribution in [0.3, 0.4) is 0 Å². The average Bonchev–Trinajstić information content (AvgIpc) is 3.38. The van der Waals surface area contributed by atoms with E-state index in [1.165, 1.54) is 11.3 Å². The van der Waals surface area contributed by atoms with Crippen LogP contribution in [-0.2, 0) is 11.2 Å². The number of rotatable bonds is 3. The first-order valence-corrected chi connectivity index (χ1v) is 9.95. The summed E-state index contributed by atoms with van der Waals surface area (Å²) in [7, 11) is 1.87. The number of aryl methyl sites for hydroxylation is 1.